The fourth-order valence-electron chi connectivity index (χ4n) is 0.368. The van der Waals surface area contributed by atoms with Crippen LogP contribution in [0.1, 0.15) is 6.42 Å². The maximum absolute atomic E-state index is 10.1. The van der Waals surface area contributed by atoms with Gasteiger partial charge < -0.3 is 20.6 Å². The van der Waals surface area contributed by atoms with Crippen molar-refractivity contribution >= 4 is 26.0 Å². The van der Waals surface area contributed by atoms with Crippen LogP contribution in [-0.4, -0.2) is 38.9 Å². The molecule has 0 saturated heterocycles. The van der Waals surface area contributed by atoms with Gasteiger partial charge in [-0.1, -0.05) is 0 Å². The minimum absolute atomic E-state index is 0.552. The molecular weight excluding hydrogens is 217 g/mol. The summed E-state index contributed by atoms with van der Waals surface area (Å²) >= 11 is 1.60. The summed E-state index contributed by atoms with van der Waals surface area (Å²) in [7, 11) is -3.13. The van der Waals surface area contributed by atoms with Gasteiger partial charge in [0.25, 0.3) is 0 Å². The highest BCUT2D eigenvalue weighted by atomic mass is 32.2. The van der Waals surface area contributed by atoms with Crippen LogP contribution in [0.2, 0.25) is 0 Å². The summed E-state index contributed by atoms with van der Waals surface area (Å²) in [6.07, 6.45) is 2.48. The lowest BCUT2D eigenvalue weighted by molar-refractivity contribution is -0.138. The molecular formula is C5H14NO5PS. The molecule has 0 bridgehead atoms. The quantitative estimate of drug-likeness (QED) is 0.482. The molecule has 0 spiro atoms. The predicted molar refractivity (Wildman–Crippen MR) is 52.0 cm³/mol. The Morgan fingerprint density at radius 2 is 2.00 bits per heavy atom. The van der Waals surface area contributed by atoms with Crippen molar-refractivity contribution in [1.29, 1.82) is 0 Å². The van der Waals surface area contributed by atoms with E-state index in [0.29, 0.717) is 6.42 Å². The molecule has 1 atom stereocenters. The molecule has 6 nitrogen and oxygen atoms in total. The van der Waals surface area contributed by atoms with E-state index >= 15 is 0 Å². The molecule has 0 aliphatic rings. The SMILES string of the molecule is CSCCC(N)C(=O)O.O=[PH](O)O. The fourth-order valence-corrected chi connectivity index (χ4v) is 0.858. The average molecular weight is 231 g/mol. The van der Waals surface area contributed by atoms with Gasteiger partial charge in [0.1, 0.15) is 6.04 Å². The molecule has 5 N–H and O–H groups in total. The van der Waals surface area contributed by atoms with Crippen LogP contribution in [0, 0.1) is 0 Å². The first-order valence-corrected chi connectivity index (χ1v) is 6.00. The molecule has 1 unspecified atom stereocenters. The third kappa shape index (κ3) is 18.7. The number of carboxylic acids is 1. The molecule has 0 saturated carbocycles. The molecule has 80 valence electrons. The van der Waals surface area contributed by atoms with Gasteiger partial charge in [-0.25, -0.2) is 0 Å². The number of aliphatic carboxylic acids is 1. The summed E-state index contributed by atoms with van der Waals surface area (Å²) in [5, 5.41) is 8.27. The van der Waals surface area contributed by atoms with E-state index in [4.69, 9.17) is 25.2 Å². The second kappa shape index (κ2) is 10.0. The van der Waals surface area contributed by atoms with Gasteiger partial charge in [-0.05, 0) is 18.4 Å². The number of hydrogen-bond acceptors (Lipinski definition) is 4. The van der Waals surface area contributed by atoms with Crippen LogP contribution in [0.3, 0.4) is 0 Å². The largest absolute Gasteiger partial charge is 0.480 e. The summed E-state index contributed by atoms with van der Waals surface area (Å²) < 4.78 is 8.74. The van der Waals surface area contributed by atoms with Gasteiger partial charge in [-0.3, -0.25) is 9.36 Å². The Morgan fingerprint density at radius 1 is 1.62 bits per heavy atom. The van der Waals surface area contributed by atoms with E-state index in [1.54, 1.807) is 11.8 Å². The average Bonchev–Trinajstić information content (AvgIpc) is 1.98. The third-order valence-electron chi connectivity index (χ3n) is 0.950. The van der Waals surface area contributed by atoms with Crippen molar-refractivity contribution in [2.45, 2.75) is 12.5 Å². The van der Waals surface area contributed by atoms with E-state index in [2.05, 4.69) is 0 Å². The van der Waals surface area contributed by atoms with Crippen molar-refractivity contribution < 1.29 is 24.3 Å². The van der Waals surface area contributed by atoms with Crippen molar-refractivity contribution in [2.24, 2.45) is 5.73 Å². The number of hydrogen-bond donors (Lipinski definition) is 4. The van der Waals surface area contributed by atoms with Crippen molar-refractivity contribution in [2.75, 3.05) is 12.0 Å². The maximum atomic E-state index is 10.1. The lowest BCUT2D eigenvalue weighted by atomic mass is 10.2. The van der Waals surface area contributed by atoms with Crippen LogP contribution in [0.4, 0.5) is 0 Å². The highest BCUT2D eigenvalue weighted by Crippen LogP contribution is 1.98. The molecule has 0 aromatic heterocycles. The Hall–Kier alpha value is -0.0700. The van der Waals surface area contributed by atoms with Gasteiger partial charge >= 0.3 is 14.2 Å². The second-order valence-electron chi connectivity index (χ2n) is 2.01. The number of carboxylic acid groups (broad SMARTS) is 1. The number of thioether (sulfide) groups is 1. The van der Waals surface area contributed by atoms with Gasteiger partial charge in [0.05, 0.1) is 0 Å². The zero-order valence-corrected chi connectivity index (χ0v) is 8.95. The Bertz CT molecular complexity index is 163. The molecule has 0 fully saturated rings. The Kier molecular flexibility index (Phi) is 11.9. The van der Waals surface area contributed by atoms with E-state index in [0.717, 1.165) is 5.75 Å². The summed E-state index contributed by atoms with van der Waals surface area (Å²) in [5.74, 6) is -0.1000. The topological polar surface area (TPSA) is 121 Å². The Labute approximate surface area is 81.1 Å². The third-order valence-corrected chi connectivity index (χ3v) is 1.59. The highest BCUT2D eigenvalue weighted by Gasteiger charge is 2.08. The van der Waals surface area contributed by atoms with E-state index < -0.39 is 20.3 Å². The summed E-state index contributed by atoms with van der Waals surface area (Å²) in [4.78, 5) is 24.4. The van der Waals surface area contributed by atoms with Gasteiger partial charge in [-0.15, -0.1) is 0 Å². The number of rotatable bonds is 4. The number of carbonyl (C=O) groups is 1. The molecule has 13 heavy (non-hydrogen) atoms. The minimum atomic E-state index is -3.13. The highest BCUT2D eigenvalue weighted by molar-refractivity contribution is 7.98. The van der Waals surface area contributed by atoms with Crippen molar-refractivity contribution in [1.82, 2.24) is 0 Å². The molecule has 8 heteroatoms. The second-order valence-corrected chi connectivity index (χ2v) is 3.56. The van der Waals surface area contributed by atoms with Crippen LogP contribution in [0.15, 0.2) is 0 Å². The predicted octanol–water partition coefficient (Wildman–Crippen LogP) is -0.488. The van der Waals surface area contributed by atoms with Crippen molar-refractivity contribution in [3.05, 3.63) is 0 Å². The first-order valence-electron chi connectivity index (χ1n) is 3.31. The molecule has 0 aliphatic heterocycles. The van der Waals surface area contributed by atoms with E-state index in [-0.39, 0.29) is 0 Å². The molecule has 0 radical (unpaired) electrons. The van der Waals surface area contributed by atoms with E-state index in [9.17, 15) is 4.79 Å². The summed E-state index contributed by atoms with van der Waals surface area (Å²) in [6.45, 7) is 0. The van der Waals surface area contributed by atoms with Crippen LogP contribution >= 0.6 is 20.0 Å². The number of nitrogens with two attached hydrogens (primary N) is 1. The molecule has 0 amide bonds. The minimum Gasteiger partial charge on any atom is -0.480 e. The maximum Gasteiger partial charge on any atom is 0.320 e. The van der Waals surface area contributed by atoms with Crippen LogP contribution < -0.4 is 5.73 Å². The van der Waals surface area contributed by atoms with Gasteiger partial charge in [0.2, 0.25) is 0 Å². The zero-order chi connectivity index (χ0) is 10.9. The fraction of sp³-hybridized carbons (Fsp3) is 0.800. The van der Waals surface area contributed by atoms with Gasteiger partial charge in [0, 0.05) is 0 Å². The standard InChI is InChI=1S/C5H11NO2S.H3O3P/c1-9-3-2-4(6)5(7)8;1-4(2)3/h4H,2-3,6H2,1H3,(H,7,8);4H,(H2,1,2,3). The lowest BCUT2D eigenvalue weighted by Crippen LogP contribution is -2.30. The zero-order valence-electron chi connectivity index (χ0n) is 7.14. The van der Waals surface area contributed by atoms with Crippen molar-refractivity contribution in [3.8, 4) is 0 Å². The Balaban J connectivity index is 0. The Morgan fingerprint density at radius 3 is 2.23 bits per heavy atom. The summed E-state index contributed by atoms with van der Waals surface area (Å²) in [6, 6.07) is -0.683. The van der Waals surface area contributed by atoms with Crippen molar-refractivity contribution in [3.63, 3.8) is 0 Å². The molecule has 0 heterocycles. The lowest BCUT2D eigenvalue weighted by Gasteiger charge is -2.02. The first-order chi connectivity index (χ1) is 5.91. The molecule has 0 aromatic rings. The van der Waals surface area contributed by atoms with Crippen LogP contribution in [0.5, 0.6) is 0 Å². The van der Waals surface area contributed by atoms with Gasteiger partial charge in [-0.2, -0.15) is 11.8 Å². The monoisotopic (exact) mass is 231 g/mol. The van der Waals surface area contributed by atoms with Gasteiger partial charge in [0.15, 0.2) is 0 Å². The molecule has 0 aromatic carbocycles. The normalized spacial score (nSPS) is 11.8. The van der Waals surface area contributed by atoms with E-state index in [1.807, 2.05) is 6.26 Å². The first kappa shape index (κ1) is 15.4. The smallest absolute Gasteiger partial charge is 0.320 e. The summed E-state index contributed by atoms with van der Waals surface area (Å²) in [5.41, 5.74) is 5.19. The van der Waals surface area contributed by atoms with Crippen LogP contribution in [0.25, 0.3) is 0 Å². The van der Waals surface area contributed by atoms with E-state index in [1.165, 1.54) is 0 Å². The molecule has 0 aliphatic carbocycles. The van der Waals surface area contributed by atoms with Crippen LogP contribution in [-0.2, 0) is 9.36 Å². The molecule has 0 rings (SSSR count).